The maximum absolute atomic E-state index is 13.1. The van der Waals surface area contributed by atoms with Gasteiger partial charge >= 0.3 is 5.69 Å². The van der Waals surface area contributed by atoms with Crippen molar-refractivity contribution >= 4 is 34.3 Å². The van der Waals surface area contributed by atoms with Crippen LogP contribution in [-0.4, -0.2) is 28.9 Å². The smallest absolute Gasteiger partial charge is 0.298 e. The highest BCUT2D eigenvalue weighted by molar-refractivity contribution is 6.32. The number of hydrogen-bond donors (Lipinski definition) is 0. The number of rotatable bonds is 3. The number of hydrogen-bond acceptors (Lipinski definition) is 4. The van der Waals surface area contributed by atoms with E-state index in [2.05, 4.69) is 4.98 Å². The lowest BCUT2D eigenvalue weighted by molar-refractivity contribution is -0.119. The van der Waals surface area contributed by atoms with Crippen molar-refractivity contribution in [3.63, 3.8) is 0 Å². The lowest BCUT2D eigenvalue weighted by atomic mass is 10.2. The molecule has 0 radical (unpaired) electrons. The lowest BCUT2D eigenvalue weighted by Gasteiger charge is -2.12. The molecule has 8 nitrogen and oxygen atoms in total. The van der Waals surface area contributed by atoms with Crippen LogP contribution in [0.5, 0.6) is 0 Å². The first-order chi connectivity index (χ1) is 13.2. The fraction of sp³-hybridized carbons (Fsp3) is 0.263. The Kier molecular flexibility index (Phi) is 4.04. The number of Topliss-reactive ketones (excluding diaryl/α,β-unsaturated/α-hetero) is 1. The molecule has 0 bridgehead atoms. The Balaban J connectivity index is 2.18. The van der Waals surface area contributed by atoms with Crippen LogP contribution in [0.2, 0.25) is 5.02 Å². The van der Waals surface area contributed by atoms with Crippen LogP contribution in [-0.2, 0) is 11.8 Å². The van der Waals surface area contributed by atoms with E-state index in [1.807, 2.05) is 29.7 Å². The molecule has 0 N–H and O–H groups in total. The maximum atomic E-state index is 13.1. The van der Waals surface area contributed by atoms with E-state index in [1.54, 1.807) is 16.7 Å². The summed E-state index contributed by atoms with van der Waals surface area (Å²) < 4.78 is 5.72. The molecule has 0 saturated heterocycles. The van der Waals surface area contributed by atoms with Crippen LogP contribution in [0.3, 0.4) is 0 Å². The van der Waals surface area contributed by atoms with Gasteiger partial charge in [-0.3, -0.25) is 23.1 Å². The molecule has 0 saturated carbocycles. The van der Waals surface area contributed by atoms with Gasteiger partial charge < -0.3 is 0 Å². The van der Waals surface area contributed by atoms with E-state index in [4.69, 9.17) is 11.6 Å². The lowest BCUT2D eigenvalue weighted by Crippen LogP contribution is -2.42. The number of para-hydroxylation sites is 1. The Labute approximate surface area is 164 Å². The molecule has 0 spiro atoms. The minimum atomic E-state index is -0.868. The molecule has 1 aromatic carbocycles. The first-order valence-corrected chi connectivity index (χ1v) is 9.08. The zero-order valence-corrected chi connectivity index (χ0v) is 16.6. The molecule has 0 aliphatic heterocycles. The van der Waals surface area contributed by atoms with Gasteiger partial charge in [-0.25, -0.2) is 9.36 Å². The van der Waals surface area contributed by atoms with Gasteiger partial charge in [0.05, 0.1) is 16.8 Å². The predicted molar refractivity (Wildman–Crippen MR) is 107 cm³/mol. The second-order valence-corrected chi connectivity index (χ2v) is 7.22. The monoisotopic (exact) mass is 399 g/mol. The summed E-state index contributed by atoms with van der Waals surface area (Å²) in [6, 6.07) is 6.44. The summed E-state index contributed by atoms with van der Waals surface area (Å²) in [4.78, 5) is 42.2. The second-order valence-electron chi connectivity index (χ2n) is 6.81. The van der Waals surface area contributed by atoms with Gasteiger partial charge in [0.25, 0.3) is 5.56 Å². The maximum Gasteiger partial charge on any atom is 0.333 e. The molecule has 4 aromatic rings. The minimum absolute atomic E-state index is 0.235. The molecule has 0 fully saturated rings. The summed E-state index contributed by atoms with van der Waals surface area (Å²) in [5.74, 6) is 0.185. The fourth-order valence-electron chi connectivity index (χ4n) is 3.43. The Morgan fingerprint density at radius 1 is 1.21 bits per heavy atom. The van der Waals surface area contributed by atoms with Crippen LogP contribution < -0.4 is 11.2 Å². The number of nitrogens with zero attached hydrogens (tertiary/aromatic N) is 5. The van der Waals surface area contributed by atoms with Crippen molar-refractivity contribution in [2.24, 2.45) is 7.05 Å². The number of carbonyl (C=O) groups excluding carboxylic acids is 1. The van der Waals surface area contributed by atoms with Crippen LogP contribution in [0.25, 0.3) is 22.6 Å². The zero-order valence-electron chi connectivity index (χ0n) is 15.8. The van der Waals surface area contributed by atoms with Crippen molar-refractivity contribution in [1.29, 1.82) is 0 Å². The number of ketones is 1. The standard InChI is InChI=1S/C19H18ClN5O3/c1-10-9-23-15-16(21-18(23)24(10)14-8-6-5-7-13(14)20)22(4)19(28)25(17(15)27)11(2)12(3)26/h5-9,11H,1-4H3. The predicted octanol–water partition coefficient (Wildman–Crippen LogP) is 2.25. The Bertz CT molecular complexity index is 1390. The number of halogens is 1. The first kappa shape index (κ1) is 18.2. The van der Waals surface area contributed by atoms with Crippen molar-refractivity contribution in [3.8, 4) is 5.69 Å². The number of aromatic nitrogens is 5. The highest BCUT2D eigenvalue weighted by Gasteiger charge is 2.24. The average Bonchev–Trinajstić information content (AvgIpc) is 3.15. The SMILES string of the molecule is CC(=O)C(C)n1c(=O)c2c(nc3n(-c4ccccc4Cl)c(C)cn23)n(C)c1=O. The third kappa shape index (κ3) is 2.37. The molecule has 28 heavy (non-hydrogen) atoms. The van der Waals surface area contributed by atoms with Gasteiger partial charge in [-0.2, -0.15) is 4.98 Å². The number of fused-ring (bicyclic) bond motifs is 3. The van der Waals surface area contributed by atoms with Gasteiger partial charge in [0.1, 0.15) is 0 Å². The van der Waals surface area contributed by atoms with Crippen LogP contribution >= 0.6 is 11.6 Å². The second kappa shape index (κ2) is 6.20. The number of aryl methyl sites for hydroxylation is 2. The number of carbonyl (C=O) groups is 1. The van der Waals surface area contributed by atoms with Crippen LogP contribution in [0.4, 0.5) is 0 Å². The summed E-state index contributed by atoms with van der Waals surface area (Å²) in [6.07, 6.45) is 1.77. The van der Waals surface area contributed by atoms with Gasteiger partial charge in [0.15, 0.2) is 16.9 Å². The zero-order chi connectivity index (χ0) is 20.3. The van der Waals surface area contributed by atoms with E-state index in [9.17, 15) is 14.4 Å². The molecule has 1 atom stereocenters. The van der Waals surface area contributed by atoms with E-state index in [1.165, 1.54) is 25.5 Å². The van der Waals surface area contributed by atoms with Crippen molar-refractivity contribution in [2.45, 2.75) is 26.8 Å². The molecule has 3 aromatic heterocycles. The highest BCUT2D eigenvalue weighted by Crippen LogP contribution is 2.26. The third-order valence-corrected chi connectivity index (χ3v) is 5.36. The van der Waals surface area contributed by atoms with E-state index >= 15 is 0 Å². The largest absolute Gasteiger partial charge is 0.333 e. The van der Waals surface area contributed by atoms with Gasteiger partial charge in [-0.1, -0.05) is 23.7 Å². The van der Waals surface area contributed by atoms with E-state index in [0.29, 0.717) is 10.8 Å². The Morgan fingerprint density at radius 2 is 1.89 bits per heavy atom. The van der Waals surface area contributed by atoms with Crippen molar-refractivity contribution in [1.82, 2.24) is 23.1 Å². The summed E-state index contributed by atoms with van der Waals surface area (Å²) in [6.45, 7) is 4.77. The molecular formula is C19H18ClN5O3. The topological polar surface area (TPSA) is 83.3 Å². The van der Waals surface area contributed by atoms with Gasteiger partial charge in [-0.05, 0) is 32.9 Å². The van der Waals surface area contributed by atoms with E-state index in [0.717, 1.165) is 15.9 Å². The Hall–Kier alpha value is -3.13. The van der Waals surface area contributed by atoms with Gasteiger partial charge in [-0.15, -0.1) is 0 Å². The van der Waals surface area contributed by atoms with Crippen molar-refractivity contribution in [2.75, 3.05) is 0 Å². The number of benzene rings is 1. The summed E-state index contributed by atoms with van der Waals surface area (Å²) in [7, 11) is 1.53. The Morgan fingerprint density at radius 3 is 2.54 bits per heavy atom. The number of imidazole rings is 2. The minimum Gasteiger partial charge on any atom is -0.298 e. The fourth-order valence-corrected chi connectivity index (χ4v) is 3.65. The van der Waals surface area contributed by atoms with E-state index in [-0.39, 0.29) is 16.9 Å². The van der Waals surface area contributed by atoms with Crippen LogP contribution in [0, 0.1) is 6.92 Å². The molecule has 0 amide bonds. The average molecular weight is 400 g/mol. The highest BCUT2D eigenvalue weighted by atomic mass is 35.5. The van der Waals surface area contributed by atoms with E-state index < -0.39 is 17.3 Å². The molecule has 4 rings (SSSR count). The molecule has 3 heterocycles. The van der Waals surface area contributed by atoms with Crippen LogP contribution in [0.1, 0.15) is 25.6 Å². The summed E-state index contributed by atoms with van der Waals surface area (Å²) >= 11 is 6.36. The van der Waals surface area contributed by atoms with Gasteiger partial charge in [0, 0.05) is 18.9 Å². The van der Waals surface area contributed by atoms with Crippen molar-refractivity contribution in [3.05, 3.63) is 62.0 Å². The van der Waals surface area contributed by atoms with Crippen LogP contribution in [0.15, 0.2) is 40.1 Å². The normalized spacial score (nSPS) is 12.8. The quantitative estimate of drug-likeness (QED) is 0.529. The van der Waals surface area contributed by atoms with Gasteiger partial charge in [0.2, 0.25) is 5.78 Å². The third-order valence-electron chi connectivity index (χ3n) is 5.04. The molecule has 0 aliphatic carbocycles. The summed E-state index contributed by atoms with van der Waals surface area (Å²) in [5.41, 5.74) is 0.884. The summed E-state index contributed by atoms with van der Waals surface area (Å²) in [5, 5.41) is 0.534. The van der Waals surface area contributed by atoms with Crippen molar-refractivity contribution < 1.29 is 4.79 Å². The molecular weight excluding hydrogens is 382 g/mol. The first-order valence-electron chi connectivity index (χ1n) is 8.71. The molecule has 144 valence electrons. The molecule has 1 unspecified atom stereocenters. The molecule has 0 aliphatic rings. The molecule has 9 heteroatoms.